The lowest BCUT2D eigenvalue weighted by Crippen LogP contribution is -2.47. The van der Waals surface area contributed by atoms with E-state index >= 15 is 0 Å². The average Bonchev–Trinajstić information content (AvgIpc) is 2.33. The molecule has 1 aliphatic carbocycles. The summed E-state index contributed by atoms with van der Waals surface area (Å²) in [4.78, 5) is 8.39. The van der Waals surface area contributed by atoms with Crippen LogP contribution in [0.2, 0.25) is 0 Å². The van der Waals surface area contributed by atoms with E-state index in [9.17, 15) is 0 Å². The van der Waals surface area contributed by atoms with Crippen molar-refractivity contribution in [3.8, 4) is 0 Å². The molecule has 0 amide bonds. The van der Waals surface area contributed by atoms with Crippen LogP contribution in [0.1, 0.15) is 44.3 Å². The first kappa shape index (κ1) is 11.5. The van der Waals surface area contributed by atoms with Crippen molar-refractivity contribution in [2.24, 2.45) is 5.73 Å². The van der Waals surface area contributed by atoms with Gasteiger partial charge in [0, 0.05) is 36.7 Å². The van der Waals surface area contributed by atoms with Crippen LogP contribution in [-0.2, 0) is 0 Å². The number of nitrogens with one attached hydrogen (secondary N) is 1. The van der Waals surface area contributed by atoms with E-state index in [-0.39, 0.29) is 12.1 Å². The normalized spacial score (nSPS) is 27.6. The van der Waals surface area contributed by atoms with Gasteiger partial charge in [-0.25, -0.2) is 0 Å². The fourth-order valence-electron chi connectivity index (χ4n) is 2.31. The molecular formula is C12H20N4. The van der Waals surface area contributed by atoms with Crippen molar-refractivity contribution in [2.75, 3.05) is 0 Å². The number of nitrogens with two attached hydrogens (primary N) is 1. The number of aromatic nitrogens is 2. The molecule has 1 heterocycles. The van der Waals surface area contributed by atoms with Gasteiger partial charge in [0.2, 0.25) is 0 Å². The number of hydrogen-bond donors (Lipinski definition) is 2. The maximum atomic E-state index is 6.11. The van der Waals surface area contributed by atoms with Crippen molar-refractivity contribution < 1.29 is 0 Å². The van der Waals surface area contributed by atoms with Crippen LogP contribution in [0.25, 0.3) is 0 Å². The quantitative estimate of drug-likeness (QED) is 0.808. The minimum absolute atomic E-state index is 0.225. The Labute approximate surface area is 96.7 Å². The van der Waals surface area contributed by atoms with Crippen LogP contribution < -0.4 is 11.1 Å². The lowest BCUT2D eigenvalue weighted by molar-refractivity contribution is 0.305. The Morgan fingerprint density at radius 3 is 2.88 bits per heavy atom. The second-order valence-corrected chi connectivity index (χ2v) is 4.57. The summed E-state index contributed by atoms with van der Waals surface area (Å²) in [7, 11) is 0. The van der Waals surface area contributed by atoms with E-state index < -0.39 is 0 Å². The molecule has 1 saturated carbocycles. The van der Waals surface area contributed by atoms with Crippen LogP contribution in [0.3, 0.4) is 0 Å². The van der Waals surface area contributed by atoms with Gasteiger partial charge in [-0.15, -0.1) is 0 Å². The predicted octanol–water partition coefficient (Wildman–Crippen LogP) is 1.40. The smallest absolute Gasteiger partial charge is 0.0753 e. The molecule has 4 nitrogen and oxygen atoms in total. The molecule has 0 spiro atoms. The Morgan fingerprint density at radius 1 is 1.38 bits per heavy atom. The first-order chi connectivity index (χ1) is 7.77. The number of rotatable bonds is 3. The molecule has 3 N–H and O–H groups in total. The van der Waals surface area contributed by atoms with E-state index in [0.717, 1.165) is 12.1 Å². The minimum atomic E-state index is 0.225. The van der Waals surface area contributed by atoms with E-state index in [4.69, 9.17) is 5.73 Å². The monoisotopic (exact) mass is 220 g/mol. The summed E-state index contributed by atoms with van der Waals surface area (Å²) in [5.41, 5.74) is 7.09. The molecular weight excluding hydrogens is 200 g/mol. The zero-order valence-corrected chi connectivity index (χ0v) is 9.76. The van der Waals surface area contributed by atoms with E-state index in [1.807, 2.05) is 6.20 Å². The fraction of sp³-hybridized carbons (Fsp3) is 0.667. The Bertz CT molecular complexity index is 314. The summed E-state index contributed by atoms with van der Waals surface area (Å²) in [5.74, 6) is 0. The molecule has 0 saturated heterocycles. The minimum Gasteiger partial charge on any atom is -0.326 e. The molecule has 1 aromatic heterocycles. The Morgan fingerprint density at radius 2 is 2.19 bits per heavy atom. The average molecular weight is 220 g/mol. The molecule has 4 heteroatoms. The van der Waals surface area contributed by atoms with Crippen molar-refractivity contribution in [1.82, 2.24) is 15.3 Å². The molecule has 0 aromatic carbocycles. The van der Waals surface area contributed by atoms with E-state index in [2.05, 4.69) is 22.2 Å². The Hall–Kier alpha value is -1.00. The molecule has 88 valence electrons. The van der Waals surface area contributed by atoms with Gasteiger partial charge in [-0.3, -0.25) is 9.97 Å². The van der Waals surface area contributed by atoms with E-state index in [0.29, 0.717) is 6.04 Å². The van der Waals surface area contributed by atoms with Crippen LogP contribution in [0.4, 0.5) is 0 Å². The predicted molar refractivity (Wildman–Crippen MR) is 63.8 cm³/mol. The second kappa shape index (κ2) is 5.37. The van der Waals surface area contributed by atoms with Gasteiger partial charge in [0.15, 0.2) is 0 Å². The largest absolute Gasteiger partial charge is 0.326 e. The van der Waals surface area contributed by atoms with Gasteiger partial charge in [0.25, 0.3) is 0 Å². The van der Waals surface area contributed by atoms with Crippen LogP contribution in [0.15, 0.2) is 18.6 Å². The fourth-order valence-corrected chi connectivity index (χ4v) is 2.31. The number of nitrogens with zero attached hydrogens (tertiary/aromatic N) is 2. The molecule has 16 heavy (non-hydrogen) atoms. The molecule has 0 radical (unpaired) electrons. The zero-order chi connectivity index (χ0) is 11.4. The maximum Gasteiger partial charge on any atom is 0.0753 e. The first-order valence-corrected chi connectivity index (χ1v) is 6.05. The van der Waals surface area contributed by atoms with Crippen molar-refractivity contribution >= 4 is 0 Å². The summed E-state index contributed by atoms with van der Waals surface area (Å²) in [6.45, 7) is 2.12. The Balaban J connectivity index is 1.94. The van der Waals surface area contributed by atoms with Crippen molar-refractivity contribution in [3.05, 3.63) is 24.3 Å². The van der Waals surface area contributed by atoms with Crippen LogP contribution in [-0.4, -0.2) is 22.1 Å². The lowest BCUT2D eigenvalue weighted by atomic mass is 9.90. The standard InChI is InChI=1S/C12H20N4/c1-9(12-8-14-6-7-15-12)16-11-5-3-2-4-10(11)13/h6-11,16H,2-5,13H2,1H3/t9-,10+,11+/m1/s1. The van der Waals surface area contributed by atoms with Gasteiger partial charge in [-0.1, -0.05) is 12.8 Å². The summed E-state index contributed by atoms with van der Waals surface area (Å²) in [5, 5.41) is 3.56. The molecule has 1 fully saturated rings. The van der Waals surface area contributed by atoms with Crippen molar-refractivity contribution in [2.45, 2.75) is 50.7 Å². The highest BCUT2D eigenvalue weighted by atomic mass is 15.0. The molecule has 1 aliphatic rings. The highest BCUT2D eigenvalue weighted by Crippen LogP contribution is 2.19. The van der Waals surface area contributed by atoms with Crippen molar-refractivity contribution in [3.63, 3.8) is 0 Å². The van der Waals surface area contributed by atoms with Gasteiger partial charge < -0.3 is 11.1 Å². The SMILES string of the molecule is C[C@@H](N[C@H]1CCCC[C@@H]1N)c1cnccn1. The molecule has 3 atom stereocenters. The van der Waals surface area contributed by atoms with Crippen LogP contribution >= 0.6 is 0 Å². The maximum absolute atomic E-state index is 6.11. The third-order valence-corrected chi connectivity index (χ3v) is 3.31. The topological polar surface area (TPSA) is 63.8 Å². The summed E-state index contributed by atoms with van der Waals surface area (Å²) < 4.78 is 0. The molecule has 2 rings (SSSR count). The Kier molecular flexibility index (Phi) is 3.85. The summed E-state index contributed by atoms with van der Waals surface area (Å²) in [6.07, 6.45) is 10.1. The van der Waals surface area contributed by atoms with Crippen LogP contribution in [0.5, 0.6) is 0 Å². The molecule has 0 unspecified atom stereocenters. The van der Waals surface area contributed by atoms with Gasteiger partial charge in [-0.05, 0) is 19.8 Å². The highest BCUT2D eigenvalue weighted by Gasteiger charge is 2.23. The van der Waals surface area contributed by atoms with Gasteiger partial charge in [-0.2, -0.15) is 0 Å². The molecule has 0 aliphatic heterocycles. The van der Waals surface area contributed by atoms with Gasteiger partial charge in [0.1, 0.15) is 0 Å². The lowest BCUT2D eigenvalue weighted by Gasteiger charge is -2.31. The highest BCUT2D eigenvalue weighted by molar-refractivity contribution is 5.02. The number of hydrogen-bond acceptors (Lipinski definition) is 4. The van der Waals surface area contributed by atoms with E-state index in [1.165, 1.54) is 19.3 Å². The zero-order valence-electron chi connectivity index (χ0n) is 9.76. The van der Waals surface area contributed by atoms with E-state index in [1.54, 1.807) is 12.4 Å². The summed E-state index contributed by atoms with van der Waals surface area (Å²) >= 11 is 0. The van der Waals surface area contributed by atoms with Crippen molar-refractivity contribution in [1.29, 1.82) is 0 Å². The second-order valence-electron chi connectivity index (χ2n) is 4.57. The molecule has 1 aromatic rings. The first-order valence-electron chi connectivity index (χ1n) is 6.05. The third kappa shape index (κ3) is 2.77. The molecule has 0 bridgehead atoms. The van der Waals surface area contributed by atoms with Gasteiger partial charge >= 0.3 is 0 Å². The summed E-state index contributed by atoms with van der Waals surface area (Å²) in [6, 6.07) is 0.932. The third-order valence-electron chi connectivity index (χ3n) is 3.31. The van der Waals surface area contributed by atoms with Gasteiger partial charge in [0.05, 0.1) is 5.69 Å². The van der Waals surface area contributed by atoms with Crippen LogP contribution in [0, 0.1) is 0 Å².